The van der Waals surface area contributed by atoms with E-state index in [1.165, 1.54) is 6.82 Å². The molecule has 0 bridgehead atoms. The highest BCUT2D eigenvalue weighted by Crippen LogP contribution is 2.17. The van der Waals surface area contributed by atoms with Crippen molar-refractivity contribution in [3.63, 3.8) is 0 Å². The molecule has 0 radical (unpaired) electrons. The first-order valence-corrected chi connectivity index (χ1v) is 3.78. The first-order valence-electron chi connectivity index (χ1n) is 3.78. The molecule has 0 atom stereocenters. The molecule has 0 unspecified atom stereocenters. The topological polar surface area (TPSA) is 9.23 Å². The van der Waals surface area contributed by atoms with E-state index in [1.807, 2.05) is 0 Å². The minimum Gasteiger partial charge on any atom is -0.349 e. The zero-order valence-electron chi connectivity index (χ0n) is 7.01. The summed E-state index contributed by atoms with van der Waals surface area (Å²) in [4.78, 5) is 0. The normalized spacial score (nSPS) is 11.4. The summed E-state index contributed by atoms with van der Waals surface area (Å²) in [6.45, 7) is 0.407. The van der Waals surface area contributed by atoms with Crippen LogP contribution in [0.5, 0.6) is 0 Å². The van der Waals surface area contributed by atoms with Crippen LogP contribution in [0.15, 0.2) is 30.3 Å². The van der Waals surface area contributed by atoms with E-state index in [4.69, 9.17) is 0 Å². The summed E-state index contributed by atoms with van der Waals surface area (Å²) in [6.07, 6.45) is -4.57. The third-order valence-electron chi connectivity index (χ3n) is 1.58. The van der Waals surface area contributed by atoms with Gasteiger partial charge in [-0.2, -0.15) is 0 Å². The third kappa shape index (κ3) is 3.50. The number of halogens is 3. The Hall–Kier alpha value is -0.965. The summed E-state index contributed by atoms with van der Waals surface area (Å²) < 4.78 is 39.1. The van der Waals surface area contributed by atoms with E-state index in [1.54, 1.807) is 30.3 Å². The van der Waals surface area contributed by atoms with Gasteiger partial charge in [-0.1, -0.05) is 37.2 Å². The molecule has 1 nitrogen and oxygen atoms in total. The summed E-state index contributed by atoms with van der Waals surface area (Å²) in [6, 6.07) is 8.27. The zero-order valence-corrected chi connectivity index (χ0v) is 7.01. The fourth-order valence-electron chi connectivity index (χ4n) is 0.993. The van der Waals surface area contributed by atoms with Crippen molar-refractivity contribution in [1.29, 1.82) is 0 Å². The maximum Gasteiger partial charge on any atom is 0.508 e. The molecule has 1 aromatic rings. The van der Waals surface area contributed by atoms with Crippen LogP contribution in [0.2, 0.25) is 6.82 Å². The largest absolute Gasteiger partial charge is 0.508 e. The molecule has 13 heavy (non-hydrogen) atoms. The molecular formula is C8H8BF3O. The van der Waals surface area contributed by atoms with Crippen LogP contribution in [0.3, 0.4) is 0 Å². The van der Waals surface area contributed by atoms with Crippen molar-refractivity contribution < 1.29 is 17.8 Å². The molecule has 0 fully saturated rings. The summed E-state index contributed by atoms with van der Waals surface area (Å²) in [5.41, 5.74) is 0.514. The Labute approximate surface area is 74.6 Å². The van der Waals surface area contributed by atoms with Crippen LogP contribution >= 0.6 is 0 Å². The minimum atomic E-state index is -4.57. The van der Waals surface area contributed by atoms with Gasteiger partial charge in [-0.05, 0) is 5.46 Å². The summed E-state index contributed by atoms with van der Waals surface area (Å²) in [5.74, 6) is 0. The summed E-state index contributed by atoms with van der Waals surface area (Å²) in [5, 5.41) is 0. The lowest BCUT2D eigenvalue weighted by Gasteiger charge is -2.12. The molecule has 0 spiro atoms. The van der Waals surface area contributed by atoms with Crippen molar-refractivity contribution in [3.8, 4) is 0 Å². The molecule has 0 heterocycles. The van der Waals surface area contributed by atoms with Gasteiger partial charge in [0.1, 0.15) is 0 Å². The molecular weight excluding hydrogens is 180 g/mol. The van der Waals surface area contributed by atoms with Gasteiger partial charge in [-0.3, -0.25) is 0 Å². The van der Waals surface area contributed by atoms with Crippen molar-refractivity contribution in [1.82, 2.24) is 0 Å². The van der Waals surface area contributed by atoms with Crippen molar-refractivity contribution in [2.45, 2.75) is 13.2 Å². The Balaban J connectivity index is 2.64. The highest BCUT2D eigenvalue weighted by atomic mass is 19.4. The Kier molecular flexibility index (Phi) is 2.98. The first-order chi connectivity index (χ1) is 5.99. The third-order valence-corrected chi connectivity index (χ3v) is 1.58. The first kappa shape index (κ1) is 10.1. The lowest BCUT2D eigenvalue weighted by Crippen LogP contribution is -2.35. The fourth-order valence-corrected chi connectivity index (χ4v) is 0.993. The van der Waals surface area contributed by atoms with Gasteiger partial charge in [-0.15, -0.1) is 13.2 Å². The molecule has 5 heteroatoms. The maximum absolute atomic E-state index is 11.8. The monoisotopic (exact) mass is 188 g/mol. The quantitative estimate of drug-likeness (QED) is 0.645. The van der Waals surface area contributed by atoms with E-state index >= 15 is 0 Å². The Bertz CT molecular complexity index is 260. The molecule has 0 aliphatic heterocycles. The lowest BCUT2D eigenvalue weighted by atomic mass is 9.64. The van der Waals surface area contributed by atoms with Crippen LogP contribution in [-0.2, 0) is 4.65 Å². The smallest absolute Gasteiger partial charge is 0.349 e. The molecule has 0 aromatic heterocycles. The number of hydrogen-bond donors (Lipinski definition) is 0. The van der Waals surface area contributed by atoms with Crippen LogP contribution in [0.4, 0.5) is 13.2 Å². The van der Waals surface area contributed by atoms with Gasteiger partial charge in [0.05, 0.1) is 0 Å². The second-order valence-electron chi connectivity index (χ2n) is 2.62. The second-order valence-corrected chi connectivity index (χ2v) is 2.62. The predicted octanol–water partition coefficient (Wildman–Crippen LogP) is 2.05. The van der Waals surface area contributed by atoms with Gasteiger partial charge in [0.25, 0.3) is 0 Å². The van der Waals surface area contributed by atoms with Gasteiger partial charge in [0.15, 0.2) is 0 Å². The summed E-state index contributed by atoms with van der Waals surface area (Å²) in [7, 11) is 0. The highest BCUT2D eigenvalue weighted by molar-refractivity contribution is 6.66. The van der Waals surface area contributed by atoms with Crippen LogP contribution in [0, 0.1) is 0 Å². The summed E-state index contributed by atoms with van der Waals surface area (Å²) >= 11 is 0. The van der Waals surface area contributed by atoms with Crippen molar-refractivity contribution in [3.05, 3.63) is 30.3 Å². The van der Waals surface area contributed by atoms with Gasteiger partial charge in [0.2, 0.25) is 0 Å². The van der Waals surface area contributed by atoms with E-state index in [0.29, 0.717) is 5.46 Å². The number of rotatable bonds is 2. The van der Waals surface area contributed by atoms with Gasteiger partial charge in [-0.25, -0.2) is 0 Å². The maximum atomic E-state index is 11.8. The molecule has 1 aromatic carbocycles. The van der Waals surface area contributed by atoms with E-state index in [0.717, 1.165) is 0 Å². The number of benzene rings is 1. The van der Waals surface area contributed by atoms with Crippen molar-refractivity contribution in [2.75, 3.05) is 0 Å². The van der Waals surface area contributed by atoms with Crippen LogP contribution < -0.4 is 5.46 Å². The number of hydrogen-bond acceptors (Lipinski definition) is 1. The minimum absolute atomic E-state index is 0.514. The fraction of sp³-hybridized carbons (Fsp3) is 0.250. The van der Waals surface area contributed by atoms with Crippen molar-refractivity contribution >= 4 is 12.4 Å². The lowest BCUT2D eigenvalue weighted by molar-refractivity contribution is -0.277. The van der Waals surface area contributed by atoms with E-state index in [9.17, 15) is 13.2 Å². The molecule has 70 valence electrons. The predicted molar refractivity (Wildman–Crippen MR) is 44.8 cm³/mol. The average molecular weight is 188 g/mol. The molecule has 0 N–H and O–H groups in total. The molecule has 0 saturated heterocycles. The average Bonchev–Trinajstić information content (AvgIpc) is 2.03. The van der Waals surface area contributed by atoms with Gasteiger partial charge in [0, 0.05) is 0 Å². The van der Waals surface area contributed by atoms with Crippen LogP contribution in [0.25, 0.3) is 0 Å². The second kappa shape index (κ2) is 3.83. The van der Waals surface area contributed by atoms with Crippen LogP contribution in [-0.4, -0.2) is 13.3 Å². The molecule has 1 rings (SSSR count). The number of alkyl halides is 3. The van der Waals surface area contributed by atoms with Gasteiger partial charge < -0.3 is 4.65 Å². The van der Waals surface area contributed by atoms with Gasteiger partial charge >= 0.3 is 13.3 Å². The molecule has 0 amide bonds. The van der Waals surface area contributed by atoms with Crippen molar-refractivity contribution in [2.24, 2.45) is 0 Å². The molecule has 0 saturated carbocycles. The Morgan fingerprint density at radius 1 is 1.15 bits per heavy atom. The van der Waals surface area contributed by atoms with E-state index < -0.39 is 13.3 Å². The zero-order chi connectivity index (χ0) is 9.90. The SMILES string of the molecule is CB(OC(F)(F)F)c1ccccc1. The van der Waals surface area contributed by atoms with E-state index in [-0.39, 0.29) is 0 Å². The Morgan fingerprint density at radius 2 is 1.69 bits per heavy atom. The Morgan fingerprint density at radius 3 is 2.15 bits per heavy atom. The standard InChI is InChI=1S/C8H8BF3O/c1-9(13-8(10,11)12)7-5-3-2-4-6-7/h2-6H,1H3. The molecule has 0 aliphatic carbocycles. The highest BCUT2D eigenvalue weighted by Gasteiger charge is 2.33. The van der Waals surface area contributed by atoms with E-state index in [2.05, 4.69) is 4.65 Å². The molecule has 0 aliphatic rings. The van der Waals surface area contributed by atoms with Crippen LogP contribution in [0.1, 0.15) is 0 Å².